The van der Waals surface area contributed by atoms with Gasteiger partial charge in [-0.3, -0.25) is 4.79 Å². The quantitative estimate of drug-likeness (QED) is 0.266. The van der Waals surface area contributed by atoms with Crippen molar-refractivity contribution in [1.29, 1.82) is 0 Å². The number of alkyl carbamates (subject to hydrolysis) is 1. The zero-order valence-corrected chi connectivity index (χ0v) is 23.4. The molecule has 186 valence electrons. The second-order valence-corrected chi connectivity index (χ2v) is 12.3. The summed E-state index contributed by atoms with van der Waals surface area (Å²) in [5.74, 6) is -1.76. The van der Waals surface area contributed by atoms with E-state index in [9.17, 15) is 14.4 Å². The Hall–Kier alpha value is -1.84. The molecule has 0 aliphatic carbocycles. The summed E-state index contributed by atoms with van der Waals surface area (Å²) in [4.78, 5) is 38.5. The number of halogens is 1. The lowest BCUT2D eigenvalue weighted by atomic mass is 9.92. The number of amides is 1. The Balaban J connectivity index is 3.21. The lowest BCUT2D eigenvalue weighted by Crippen LogP contribution is -2.48. The van der Waals surface area contributed by atoms with E-state index in [0.29, 0.717) is 6.42 Å². The minimum Gasteiger partial charge on any atom is -0.460 e. The Morgan fingerprint density at radius 1 is 0.788 bits per heavy atom. The Bertz CT molecular complexity index is 815. The van der Waals surface area contributed by atoms with Crippen LogP contribution in [0.1, 0.15) is 74.3 Å². The predicted octanol–water partition coefficient (Wildman–Crippen LogP) is 5.42. The van der Waals surface area contributed by atoms with Gasteiger partial charge < -0.3 is 19.5 Å². The van der Waals surface area contributed by atoms with Gasteiger partial charge in [-0.2, -0.15) is 0 Å². The maximum Gasteiger partial charge on any atom is 0.408 e. The van der Waals surface area contributed by atoms with Gasteiger partial charge in [-0.15, -0.1) is 0 Å². The first-order valence-electron chi connectivity index (χ1n) is 11.0. The highest BCUT2D eigenvalue weighted by Gasteiger charge is 2.35. The molecule has 0 fully saturated rings. The van der Waals surface area contributed by atoms with Crippen molar-refractivity contribution in [2.75, 3.05) is 0 Å². The summed E-state index contributed by atoms with van der Waals surface area (Å²) < 4.78 is 17.5. The second kappa shape index (κ2) is 11.5. The van der Waals surface area contributed by atoms with Crippen LogP contribution in [0.3, 0.4) is 0 Å². The number of ether oxygens (including phenoxy) is 3. The molecule has 1 amide bonds. The van der Waals surface area contributed by atoms with Crippen molar-refractivity contribution in [2.24, 2.45) is 5.92 Å². The van der Waals surface area contributed by atoms with E-state index < -0.39 is 46.8 Å². The van der Waals surface area contributed by atoms with E-state index in [4.69, 9.17) is 14.2 Å². The topological polar surface area (TPSA) is 90.9 Å². The summed E-state index contributed by atoms with van der Waals surface area (Å²) >= 11 is 2.21. The Labute approximate surface area is 211 Å². The fourth-order valence-corrected chi connectivity index (χ4v) is 3.23. The SMILES string of the molecule is CC(C)(C)OC(=O)N[C@@H](C[C@H](Cc1ccc(I)cc1)C(=O)OC(C)(C)C)C(=O)OC(C)(C)C. The minimum absolute atomic E-state index is 0.00898. The number of esters is 2. The summed E-state index contributed by atoms with van der Waals surface area (Å²) in [5.41, 5.74) is -1.27. The summed E-state index contributed by atoms with van der Waals surface area (Å²) in [6, 6.07) is 6.69. The number of carbonyl (C=O) groups is 3. The Morgan fingerprint density at radius 2 is 1.24 bits per heavy atom. The third kappa shape index (κ3) is 12.8. The van der Waals surface area contributed by atoms with Gasteiger partial charge in [-0.1, -0.05) is 12.1 Å². The highest BCUT2D eigenvalue weighted by molar-refractivity contribution is 14.1. The van der Waals surface area contributed by atoms with Gasteiger partial charge in [-0.25, -0.2) is 9.59 Å². The van der Waals surface area contributed by atoms with Crippen LogP contribution in [0.2, 0.25) is 0 Å². The highest BCUT2D eigenvalue weighted by atomic mass is 127. The van der Waals surface area contributed by atoms with E-state index in [0.717, 1.165) is 9.13 Å². The number of hydrogen-bond acceptors (Lipinski definition) is 6. The molecule has 0 radical (unpaired) electrons. The van der Waals surface area contributed by atoms with Gasteiger partial charge in [0.2, 0.25) is 0 Å². The van der Waals surface area contributed by atoms with Gasteiger partial charge in [0.05, 0.1) is 5.92 Å². The second-order valence-electron chi connectivity index (χ2n) is 11.0. The first kappa shape index (κ1) is 29.2. The number of carbonyl (C=O) groups excluding carboxylic acids is 3. The van der Waals surface area contributed by atoms with Gasteiger partial charge in [0.15, 0.2) is 0 Å². The molecule has 1 N–H and O–H groups in total. The van der Waals surface area contributed by atoms with Crippen LogP contribution in [-0.4, -0.2) is 40.9 Å². The molecule has 0 spiro atoms. The third-order valence-electron chi connectivity index (χ3n) is 4.04. The molecule has 0 aromatic heterocycles. The van der Waals surface area contributed by atoms with Crippen LogP contribution in [0, 0.1) is 9.49 Å². The summed E-state index contributed by atoms with van der Waals surface area (Å²) in [6.07, 6.45) is -0.397. The lowest BCUT2D eigenvalue weighted by molar-refractivity contribution is -0.162. The monoisotopic (exact) mass is 575 g/mol. The Kier molecular flexibility index (Phi) is 10.2. The molecule has 2 atom stereocenters. The first-order chi connectivity index (χ1) is 14.8. The van der Waals surface area contributed by atoms with Gasteiger partial charge in [0.25, 0.3) is 0 Å². The van der Waals surface area contributed by atoms with Crippen LogP contribution >= 0.6 is 22.6 Å². The summed E-state index contributed by atoms with van der Waals surface area (Å²) in [6.45, 7) is 15.8. The van der Waals surface area contributed by atoms with E-state index >= 15 is 0 Å². The van der Waals surface area contributed by atoms with Gasteiger partial charge >= 0.3 is 18.0 Å². The molecule has 0 aliphatic rings. The maximum absolute atomic E-state index is 13.1. The van der Waals surface area contributed by atoms with Crippen LogP contribution in [0.5, 0.6) is 0 Å². The molecule has 0 bridgehead atoms. The molecule has 33 heavy (non-hydrogen) atoms. The molecular weight excluding hydrogens is 537 g/mol. The van der Waals surface area contributed by atoms with Crippen LogP contribution in [0.15, 0.2) is 24.3 Å². The van der Waals surface area contributed by atoms with Crippen molar-refractivity contribution >= 4 is 40.6 Å². The third-order valence-corrected chi connectivity index (χ3v) is 4.76. The summed E-state index contributed by atoms with van der Waals surface area (Å²) in [7, 11) is 0. The zero-order chi connectivity index (χ0) is 25.6. The first-order valence-corrected chi connectivity index (χ1v) is 12.1. The van der Waals surface area contributed by atoms with E-state index in [2.05, 4.69) is 27.9 Å². The lowest BCUT2D eigenvalue weighted by Gasteiger charge is -2.29. The van der Waals surface area contributed by atoms with Crippen molar-refractivity contribution in [3.05, 3.63) is 33.4 Å². The average molecular weight is 575 g/mol. The molecule has 1 rings (SSSR count). The Morgan fingerprint density at radius 3 is 1.70 bits per heavy atom. The minimum atomic E-state index is -1.08. The maximum atomic E-state index is 13.1. The van der Waals surface area contributed by atoms with Crippen molar-refractivity contribution in [3.63, 3.8) is 0 Å². The van der Waals surface area contributed by atoms with Crippen LogP contribution in [0.25, 0.3) is 0 Å². The van der Waals surface area contributed by atoms with E-state index in [1.807, 2.05) is 24.3 Å². The molecule has 1 aromatic rings. The van der Waals surface area contributed by atoms with Gasteiger partial charge in [0, 0.05) is 3.57 Å². The predicted molar refractivity (Wildman–Crippen MR) is 136 cm³/mol. The van der Waals surface area contributed by atoms with Crippen LogP contribution < -0.4 is 5.32 Å². The molecule has 0 unspecified atom stereocenters. The average Bonchev–Trinajstić information content (AvgIpc) is 2.57. The largest absolute Gasteiger partial charge is 0.460 e. The molecule has 0 saturated heterocycles. The zero-order valence-electron chi connectivity index (χ0n) is 21.2. The standard InChI is InChI=1S/C25H38INO6/c1-23(2,3)31-20(28)17(14-16-10-12-18(26)13-11-16)15-19(21(29)32-24(4,5)6)27-22(30)33-25(7,8)9/h10-13,17,19H,14-15H2,1-9H3,(H,27,30)/t17-,19-/m0/s1. The fraction of sp³-hybridized carbons (Fsp3) is 0.640. The van der Waals surface area contributed by atoms with E-state index in [1.54, 1.807) is 62.3 Å². The van der Waals surface area contributed by atoms with Crippen LogP contribution in [0.4, 0.5) is 4.79 Å². The van der Waals surface area contributed by atoms with Crippen LogP contribution in [-0.2, 0) is 30.2 Å². The number of nitrogens with one attached hydrogen (secondary N) is 1. The molecule has 7 nitrogen and oxygen atoms in total. The molecule has 8 heteroatoms. The molecule has 0 saturated carbocycles. The molecule has 0 heterocycles. The van der Waals surface area contributed by atoms with Crippen molar-refractivity contribution < 1.29 is 28.6 Å². The highest BCUT2D eigenvalue weighted by Crippen LogP contribution is 2.22. The van der Waals surface area contributed by atoms with Crippen molar-refractivity contribution in [3.8, 4) is 0 Å². The van der Waals surface area contributed by atoms with Gasteiger partial charge in [0.1, 0.15) is 22.8 Å². The molecule has 0 aliphatic heterocycles. The van der Waals surface area contributed by atoms with Gasteiger partial charge in [-0.05, 0) is 115 Å². The number of hydrogen-bond donors (Lipinski definition) is 1. The van der Waals surface area contributed by atoms with Crippen molar-refractivity contribution in [1.82, 2.24) is 5.32 Å². The normalized spacial score (nSPS) is 14.1. The van der Waals surface area contributed by atoms with E-state index in [-0.39, 0.29) is 6.42 Å². The smallest absolute Gasteiger partial charge is 0.408 e. The number of rotatable bonds is 7. The summed E-state index contributed by atoms with van der Waals surface area (Å²) in [5, 5.41) is 2.59. The fourth-order valence-electron chi connectivity index (χ4n) is 2.87. The molecule has 1 aromatic carbocycles. The van der Waals surface area contributed by atoms with Crippen molar-refractivity contribution in [2.45, 2.75) is 98.0 Å². The number of benzene rings is 1. The van der Waals surface area contributed by atoms with E-state index in [1.165, 1.54) is 0 Å². The molecular formula is C25H38INO6.